The van der Waals surface area contributed by atoms with E-state index in [4.69, 9.17) is 30.6 Å². The monoisotopic (exact) mass is 353 g/mol. The van der Waals surface area contributed by atoms with Gasteiger partial charge in [-0.1, -0.05) is 6.92 Å². The average Bonchev–Trinajstić information content (AvgIpc) is 2.52. The molecule has 0 aromatic carbocycles. The van der Waals surface area contributed by atoms with E-state index in [-0.39, 0.29) is 26.1 Å². The highest BCUT2D eigenvalue weighted by Crippen LogP contribution is 1.95. The minimum atomic E-state index is -2.46. The van der Waals surface area contributed by atoms with E-state index in [2.05, 4.69) is 0 Å². The summed E-state index contributed by atoms with van der Waals surface area (Å²) >= 11 is 0. The topological polar surface area (TPSA) is 187 Å². The highest BCUT2D eigenvalue weighted by Gasteiger charge is 2.14. The molecule has 0 atom stereocenters. The molecule has 0 saturated carbocycles. The number of aliphatic hydroxyl groups excluding tert-OH is 3. The van der Waals surface area contributed by atoms with Gasteiger partial charge in [0.25, 0.3) is 5.97 Å². The van der Waals surface area contributed by atoms with Gasteiger partial charge in [-0.25, -0.2) is 28.1 Å². The number of nitrogens with zero attached hydrogens (tertiary/aromatic N) is 3. The molecule has 1 aromatic heterocycles. The van der Waals surface area contributed by atoms with Crippen molar-refractivity contribution in [3.05, 3.63) is 31.5 Å². The molecular formula is C12H23N3O9. The molecule has 0 aliphatic heterocycles. The van der Waals surface area contributed by atoms with Crippen molar-refractivity contribution in [2.24, 2.45) is 0 Å². The Bertz CT molecular complexity index is 557. The fourth-order valence-electron chi connectivity index (χ4n) is 1.56. The molecule has 1 aromatic rings. The fourth-order valence-corrected chi connectivity index (χ4v) is 1.56. The lowest BCUT2D eigenvalue weighted by molar-refractivity contribution is -0.312. The Morgan fingerprint density at radius 3 is 1.04 bits per heavy atom. The molecule has 6 N–H and O–H groups in total. The van der Waals surface area contributed by atoms with Gasteiger partial charge in [-0.15, -0.1) is 0 Å². The average molecular weight is 353 g/mol. The molecule has 24 heavy (non-hydrogen) atoms. The van der Waals surface area contributed by atoms with Crippen molar-refractivity contribution in [2.75, 3.05) is 19.8 Å². The quantitative estimate of drug-likeness (QED) is 0.261. The van der Waals surface area contributed by atoms with Gasteiger partial charge in [0.1, 0.15) is 0 Å². The maximum absolute atomic E-state index is 11.8. The zero-order chi connectivity index (χ0) is 18.9. The summed E-state index contributed by atoms with van der Waals surface area (Å²) in [5.74, 6) is -2.46. The molecule has 0 saturated heterocycles. The molecule has 140 valence electrons. The van der Waals surface area contributed by atoms with Crippen LogP contribution in [-0.2, 0) is 19.6 Å². The standard InChI is InChI=1S/C9H15N3O6.C3H8O3/c13-4-1-10-7(16)11(2-5-14)9(18)12(3-6-15)8(10)17;1-2-3(4,5)6/h13-15H,1-6H2;4-6H,2H2,1H3. The Kier molecular flexibility index (Phi) is 9.35. The van der Waals surface area contributed by atoms with Gasteiger partial charge < -0.3 is 30.6 Å². The van der Waals surface area contributed by atoms with Crippen LogP contribution in [0.25, 0.3) is 0 Å². The van der Waals surface area contributed by atoms with Crippen LogP contribution in [0.5, 0.6) is 0 Å². The zero-order valence-corrected chi connectivity index (χ0v) is 13.2. The van der Waals surface area contributed by atoms with Crippen molar-refractivity contribution < 1.29 is 30.6 Å². The molecule has 12 nitrogen and oxygen atoms in total. The van der Waals surface area contributed by atoms with Gasteiger partial charge in [0.05, 0.1) is 39.5 Å². The molecule has 0 spiro atoms. The second-order valence-electron chi connectivity index (χ2n) is 4.60. The normalized spacial score (nSPS) is 11.1. The summed E-state index contributed by atoms with van der Waals surface area (Å²) in [6.45, 7) is -0.624. The van der Waals surface area contributed by atoms with E-state index < -0.39 is 42.9 Å². The largest absolute Gasteiger partial charge is 0.395 e. The molecule has 0 bridgehead atoms. The molecule has 0 aliphatic rings. The number of aliphatic hydroxyl groups is 6. The molecule has 12 heteroatoms. The molecule has 0 fully saturated rings. The van der Waals surface area contributed by atoms with Crippen LogP contribution in [0.3, 0.4) is 0 Å². The Labute approximate surface area is 135 Å². The third kappa shape index (κ3) is 6.35. The summed E-state index contributed by atoms with van der Waals surface area (Å²) in [4.78, 5) is 35.3. The summed E-state index contributed by atoms with van der Waals surface area (Å²) in [6.07, 6.45) is -0.0625. The van der Waals surface area contributed by atoms with E-state index in [0.717, 1.165) is 0 Å². The van der Waals surface area contributed by atoms with Crippen LogP contribution in [0.2, 0.25) is 0 Å². The third-order valence-electron chi connectivity index (χ3n) is 2.83. The van der Waals surface area contributed by atoms with Crippen molar-refractivity contribution in [3.63, 3.8) is 0 Å². The summed E-state index contributed by atoms with van der Waals surface area (Å²) in [5.41, 5.74) is -2.66. The lowest BCUT2D eigenvalue weighted by Crippen LogP contribution is -2.55. The highest BCUT2D eigenvalue weighted by molar-refractivity contribution is 4.79. The number of aromatic nitrogens is 3. The van der Waals surface area contributed by atoms with Crippen molar-refractivity contribution in [3.8, 4) is 0 Å². The summed E-state index contributed by atoms with van der Waals surface area (Å²) in [5, 5.41) is 50.2. The van der Waals surface area contributed by atoms with Gasteiger partial charge in [-0.2, -0.15) is 0 Å². The van der Waals surface area contributed by atoms with Crippen LogP contribution in [0.1, 0.15) is 13.3 Å². The molecule has 0 radical (unpaired) electrons. The Balaban J connectivity index is 0.000000754. The second kappa shape index (κ2) is 10.1. The van der Waals surface area contributed by atoms with E-state index >= 15 is 0 Å². The van der Waals surface area contributed by atoms with E-state index in [0.29, 0.717) is 13.7 Å². The van der Waals surface area contributed by atoms with Gasteiger partial charge in [0.2, 0.25) is 0 Å². The molecule has 0 unspecified atom stereocenters. The van der Waals surface area contributed by atoms with E-state index in [1.54, 1.807) is 0 Å². The number of hydrogen-bond donors (Lipinski definition) is 6. The Morgan fingerprint density at radius 1 is 0.708 bits per heavy atom. The SMILES string of the molecule is CCC(O)(O)O.O=c1n(CCO)c(=O)n(CCO)c(=O)n1CCO. The summed E-state index contributed by atoms with van der Waals surface area (Å²) in [7, 11) is 0. The van der Waals surface area contributed by atoms with Gasteiger partial charge in [-0.05, 0) is 0 Å². The minimum Gasteiger partial charge on any atom is -0.395 e. The van der Waals surface area contributed by atoms with Gasteiger partial charge >= 0.3 is 17.1 Å². The van der Waals surface area contributed by atoms with Gasteiger partial charge in [-0.3, -0.25) is 0 Å². The van der Waals surface area contributed by atoms with E-state index in [1.165, 1.54) is 6.92 Å². The smallest absolute Gasteiger partial charge is 0.336 e. The van der Waals surface area contributed by atoms with E-state index in [9.17, 15) is 14.4 Å². The van der Waals surface area contributed by atoms with Crippen molar-refractivity contribution >= 4 is 0 Å². The third-order valence-corrected chi connectivity index (χ3v) is 2.83. The highest BCUT2D eigenvalue weighted by atomic mass is 16.7. The second-order valence-corrected chi connectivity index (χ2v) is 4.60. The first-order chi connectivity index (χ1) is 11.1. The molecular weight excluding hydrogens is 330 g/mol. The van der Waals surface area contributed by atoms with Crippen LogP contribution < -0.4 is 17.1 Å². The zero-order valence-electron chi connectivity index (χ0n) is 13.2. The predicted molar refractivity (Wildman–Crippen MR) is 80.2 cm³/mol. The van der Waals surface area contributed by atoms with Gasteiger partial charge in [0, 0.05) is 6.42 Å². The van der Waals surface area contributed by atoms with E-state index in [1.807, 2.05) is 0 Å². The van der Waals surface area contributed by atoms with Crippen LogP contribution in [0.15, 0.2) is 14.4 Å². The Morgan fingerprint density at radius 2 is 0.917 bits per heavy atom. The molecule has 0 amide bonds. The first-order valence-electron chi connectivity index (χ1n) is 7.08. The van der Waals surface area contributed by atoms with Crippen molar-refractivity contribution in [1.29, 1.82) is 0 Å². The lowest BCUT2D eigenvalue weighted by atomic mass is 10.4. The first kappa shape index (κ1) is 22.2. The fraction of sp³-hybridized carbons (Fsp3) is 0.750. The predicted octanol–water partition coefficient (Wildman–Crippen LogP) is -4.82. The molecule has 1 heterocycles. The van der Waals surface area contributed by atoms with Crippen molar-refractivity contribution in [2.45, 2.75) is 39.0 Å². The van der Waals surface area contributed by atoms with Crippen molar-refractivity contribution in [1.82, 2.24) is 13.7 Å². The number of hydrogen-bond acceptors (Lipinski definition) is 9. The molecule has 0 aliphatic carbocycles. The van der Waals surface area contributed by atoms with Crippen LogP contribution in [0.4, 0.5) is 0 Å². The lowest BCUT2D eigenvalue weighted by Gasteiger charge is -2.11. The summed E-state index contributed by atoms with van der Waals surface area (Å²) < 4.78 is 2.06. The maximum atomic E-state index is 11.8. The molecule has 1 rings (SSSR count). The van der Waals surface area contributed by atoms with Gasteiger partial charge in [0.15, 0.2) is 0 Å². The maximum Gasteiger partial charge on any atom is 0.336 e. The Hall–Kier alpha value is -1.83. The minimum absolute atomic E-state index is 0.0625. The number of rotatable bonds is 7. The van der Waals surface area contributed by atoms with Crippen LogP contribution in [-0.4, -0.2) is 70.1 Å². The first-order valence-corrected chi connectivity index (χ1v) is 7.08. The van der Waals surface area contributed by atoms with Crippen LogP contribution in [0, 0.1) is 0 Å². The van der Waals surface area contributed by atoms with Crippen LogP contribution >= 0.6 is 0 Å². The summed E-state index contributed by atoms with van der Waals surface area (Å²) in [6, 6.07) is 0.